The van der Waals surface area contributed by atoms with Gasteiger partial charge in [0.15, 0.2) is 13.1 Å². The predicted octanol–water partition coefficient (Wildman–Crippen LogP) is 0.310. The van der Waals surface area contributed by atoms with Crippen molar-refractivity contribution in [1.82, 2.24) is 10.6 Å². The molecule has 1 unspecified atom stereocenters. The van der Waals surface area contributed by atoms with Crippen LogP contribution in [0.1, 0.15) is 39.3 Å². The summed E-state index contributed by atoms with van der Waals surface area (Å²) >= 11 is 0. The molecule has 0 radical (unpaired) electrons. The predicted molar refractivity (Wildman–Crippen MR) is 101 cm³/mol. The van der Waals surface area contributed by atoms with Gasteiger partial charge in [0.2, 0.25) is 0 Å². The Labute approximate surface area is 156 Å². The van der Waals surface area contributed by atoms with E-state index < -0.39 is 0 Å². The third-order valence-electron chi connectivity index (χ3n) is 3.72. The molecule has 2 amide bonds. The number of methoxy groups -OCH3 is 2. The first kappa shape index (κ1) is 21.8. The monoisotopic (exact) mass is 366 g/mol. The molecule has 3 N–H and O–H groups in total. The zero-order chi connectivity index (χ0) is 19.9. The van der Waals surface area contributed by atoms with Crippen LogP contribution in [-0.2, 0) is 9.59 Å². The van der Waals surface area contributed by atoms with Gasteiger partial charge in [-0.25, -0.2) is 0 Å². The van der Waals surface area contributed by atoms with Gasteiger partial charge in [-0.05, 0) is 45.9 Å². The van der Waals surface area contributed by atoms with Crippen molar-refractivity contribution in [3.63, 3.8) is 0 Å². The van der Waals surface area contributed by atoms with Crippen LogP contribution in [-0.4, -0.2) is 51.7 Å². The van der Waals surface area contributed by atoms with Gasteiger partial charge < -0.3 is 25.0 Å². The first-order valence-corrected chi connectivity index (χ1v) is 8.69. The lowest BCUT2D eigenvalue weighted by atomic mass is 10.1. The second-order valence-electron chi connectivity index (χ2n) is 7.51. The van der Waals surface area contributed by atoms with Crippen LogP contribution >= 0.6 is 0 Å². The van der Waals surface area contributed by atoms with E-state index in [1.807, 2.05) is 52.9 Å². The van der Waals surface area contributed by atoms with Crippen molar-refractivity contribution in [2.24, 2.45) is 0 Å². The van der Waals surface area contributed by atoms with Crippen molar-refractivity contribution >= 4 is 11.8 Å². The maximum Gasteiger partial charge on any atom is 0.275 e. The van der Waals surface area contributed by atoms with Crippen molar-refractivity contribution in [3.05, 3.63) is 23.8 Å². The second kappa shape index (κ2) is 9.43. The largest absolute Gasteiger partial charge is 0.497 e. The number of likely N-dealkylation sites (N-methyl/N-ethyl adjacent to an activating group) is 1. The van der Waals surface area contributed by atoms with E-state index in [0.29, 0.717) is 11.5 Å². The first-order chi connectivity index (χ1) is 12.1. The molecular weight excluding hydrogens is 334 g/mol. The van der Waals surface area contributed by atoms with Crippen LogP contribution in [0.15, 0.2) is 18.2 Å². The van der Waals surface area contributed by atoms with Crippen molar-refractivity contribution < 1.29 is 24.0 Å². The molecule has 26 heavy (non-hydrogen) atoms. The highest BCUT2D eigenvalue weighted by Gasteiger charge is 2.20. The third-order valence-corrected chi connectivity index (χ3v) is 3.72. The molecule has 0 saturated carbocycles. The van der Waals surface area contributed by atoms with Crippen LogP contribution in [0.5, 0.6) is 11.5 Å². The Hall–Kier alpha value is -2.28. The summed E-state index contributed by atoms with van der Waals surface area (Å²) in [5.74, 6) is 1.17. The molecule has 2 atom stereocenters. The zero-order valence-electron chi connectivity index (χ0n) is 16.9. The van der Waals surface area contributed by atoms with Crippen molar-refractivity contribution in [2.75, 3.05) is 34.4 Å². The van der Waals surface area contributed by atoms with Gasteiger partial charge in [0, 0.05) is 11.1 Å². The van der Waals surface area contributed by atoms with Crippen LogP contribution in [0.4, 0.5) is 0 Å². The number of carbonyl (C=O) groups is 2. The fraction of sp³-hybridized carbons (Fsp3) is 0.579. The minimum atomic E-state index is -0.281. The number of quaternary nitrogens is 1. The van der Waals surface area contributed by atoms with Gasteiger partial charge in [-0.15, -0.1) is 0 Å². The normalized spacial score (nSPS) is 13.5. The summed E-state index contributed by atoms with van der Waals surface area (Å²) in [6, 6.07) is 5.22. The number of carbonyl (C=O) groups excluding carboxylic acids is 2. The summed E-state index contributed by atoms with van der Waals surface area (Å²) in [5.41, 5.74) is 0.556. The van der Waals surface area contributed by atoms with Gasteiger partial charge in [-0.2, -0.15) is 0 Å². The standard InChI is InChI=1S/C19H31N3O4/c1-13(15-10-14(25-6)8-9-16(15)26-7)20-17(23)11-22(5)12-18(24)21-19(2,3)4/h8-10,13H,11-12H2,1-7H3,(H,20,23)(H,21,24)/p+1/t13-/m0/s1. The highest BCUT2D eigenvalue weighted by atomic mass is 16.5. The smallest absolute Gasteiger partial charge is 0.275 e. The van der Waals surface area contributed by atoms with Gasteiger partial charge in [-0.3, -0.25) is 9.59 Å². The van der Waals surface area contributed by atoms with Crippen molar-refractivity contribution in [2.45, 2.75) is 39.3 Å². The first-order valence-electron chi connectivity index (χ1n) is 8.69. The van der Waals surface area contributed by atoms with Gasteiger partial charge in [0.25, 0.3) is 11.8 Å². The lowest BCUT2D eigenvalue weighted by Gasteiger charge is -2.22. The number of benzene rings is 1. The highest BCUT2D eigenvalue weighted by molar-refractivity contribution is 5.79. The minimum Gasteiger partial charge on any atom is -0.497 e. The lowest BCUT2D eigenvalue weighted by molar-refractivity contribution is -0.862. The summed E-state index contributed by atoms with van der Waals surface area (Å²) in [5, 5.41) is 5.84. The molecule has 0 aliphatic rings. The van der Waals surface area contributed by atoms with Crippen LogP contribution in [0.2, 0.25) is 0 Å². The van der Waals surface area contributed by atoms with E-state index >= 15 is 0 Å². The molecule has 0 fully saturated rings. The molecule has 0 heterocycles. The molecule has 0 aliphatic carbocycles. The molecule has 1 aromatic rings. The van der Waals surface area contributed by atoms with E-state index in [2.05, 4.69) is 10.6 Å². The molecule has 0 aliphatic heterocycles. The topological polar surface area (TPSA) is 81.1 Å². The van der Waals surface area contributed by atoms with Gasteiger partial charge in [0.1, 0.15) is 11.5 Å². The highest BCUT2D eigenvalue weighted by Crippen LogP contribution is 2.29. The van der Waals surface area contributed by atoms with Crippen molar-refractivity contribution in [3.8, 4) is 11.5 Å². The molecule has 1 aromatic carbocycles. The van der Waals surface area contributed by atoms with Gasteiger partial charge in [-0.1, -0.05) is 0 Å². The quantitative estimate of drug-likeness (QED) is 0.619. The Bertz CT molecular complexity index is 626. The summed E-state index contributed by atoms with van der Waals surface area (Å²) < 4.78 is 10.6. The Morgan fingerprint density at radius 2 is 1.73 bits per heavy atom. The average molecular weight is 366 g/mol. The molecular formula is C19H32N3O4+. The molecule has 0 aromatic heterocycles. The summed E-state index contributed by atoms with van der Waals surface area (Å²) in [4.78, 5) is 25.1. The number of hydrogen-bond donors (Lipinski definition) is 3. The maximum atomic E-state index is 12.3. The Morgan fingerprint density at radius 1 is 1.12 bits per heavy atom. The molecule has 7 nitrogen and oxygen atoms in total. The molecule has 7 heteroatoms. The van der Waals surface area contributed by atoms with Crippen LogP contribution in [0.3, 0.4) is 0 Å². The van der Waals surface area contributed by atoms with E-state index in [4.69, 9.17) is 9.47 Å². The Morgan fingerprint density at radius 3 is 2.27 bits per heavy atom. The third kappa shape index (κ3) is 7.31. The van der Waals surface area contributed by atoms with Crippen molar-refractivity contribution in [1.29, 1.82) is 0 Å². The number of hydrogen-bond acceptors (Lipinski definition) is 4. The van der Waals surface area contributed by atoms with Crippen LogP contribution in [0.25, 0.3) is 0 Å². The molecule has 146 valence electrons. The number of ether oxygens (including phenoxy) is 2. The van der Waals surface area contributed by atoms with Crippen LogP contribution in [0, 0.1) is 0 Å². The molecule has 1 rings (SSSR count). The number of rotatable bonds is 8. The summed E-state index contributed by atoms with van der Waals surface area (Å²) in [6.45, 7) is 8.11. The Kier molecular flexibility index (Phi) is 7.89. The maximum absolute atomic E-state index is 12.3. The van der Waals surface area contributed by atoms with E-state index in [1.54, 1.807) is 14.2 Å². The van der Waals surface area contributed by atoms with E-state index in [0.717, 1.165) is 10.5 Å². The molecule has 0 spiro atoms. The minimum absolute atomic E-state index is 0.0784. The lowest BCUT2D eigenvalue weighted by Crippen LogP contribution is -3.11. The van der Waals surface area contributed by atoms with Crippen LogP contribution < -0.4 is 25.0 Å². The summed E-state index contributed by atoms with van der Waals surface area (Å²) in [6.07, 6.45) is 0. The zero-order valence-corrected chi connectivity index (χ0v) is 16.9. The number of amides is 2. The SMILES string of the molecule is COc1ccc(OC)c([C@H](C)NC(=O)C[NH+](C)CC(=O)NC(C)(C)C)c1. The second-order valence-corrected chi connectivity index (χ2v) is 7.51. The van der Waals surface area contributed by atoms with E-state index in [-0.39, 0.29) is 36.5 Å². The fourth-order valence-electron chi connectivity index (χ4n) is 2.62. The Balaban J connectivity index is 2.63. The summed E-state index contributed by atoms with van der Waals surface area (Å²) in [7, 11) is 5.00. The van der Waals surface area contributed by atoms with Gasteiger partial charge in [0.05, 0.1) is 27.3 Å². The fourth-order valence-corrected chi connectivity index (χ4v) is 2.62. The average Bonchev–Trinajstić information content (AvgIpc) is 2.51. The molecule has 0 saturated heterocycles. The van der Waals surface area contributed by atoms with E-state index in [9.17, 15) is 9.59 Å². The number of nitrogens with one attached hydrogen (secondary N) is 3. The molecule has 0 bridgehead atoms. The van der Waals surface area contributed by atoms with E-state index in [1.165, 1.54) is 0 Å². The van der Waals surface area contributed by atoms with Gasteiger partial charge >= 0.3 is 0 Å².